The molecule has 0 aromatic heterocycles. The van der Waals surface area contributed by atoms with Crippen LogP contribution < -0.4 is 5.73 Å². The van der Waals surface area contributed by atoms with Crippen LogP contribution in [0.25, 0.3) is 0 Å². The van der Waals surface area contributed by atoms with Crippen LogP contribution in [0.3, 0.4) is 0 Å². The normalized spacial score (nSPS) is 17.5. The smallest absolute Gasteiger partial charge is 0.410 e. The van der Waals surface area contributed by atoms with E-state index in [-0.39, 0.29) is 6.09 Å². The molecule has 1 aliphatic heterocycles. The highest BCUT2D eigenvalue weighted by Crippen LogP contribution is 2.40. The fraction of sp³-hybridized carbons (Fsp3) is 0.529. The summed E-state index contributed by atoms with van der Waals surface area (Å²) in [7, 11) is 0. The zero-order valence-electron chi connectivity index (χ0n) is 14.1. The Kier molecular flexibility index (Phi) is 5.50. The summed E-state index contributed by atoms with van der Waals surface area (Å²) in [6.45, 7) is 6.27. The Morgan fingerprint density at radius 3 is 2.38 bits per heavy atom. The lowest BCUT2D eigenvalue weighted by molar-refractivity contribution is -0.125. The lowest BCUT2D eigenvalue weighted by Crippen LogP contribution is -2.52. The number of nitrogens with two attached hydrogens (primary N) is 1. The van der Waals surface area contributed by atoms with Crippen LogP contribution in [-0.4, -0.2) is 35.6 Å². The number of amides is 2. The van der Waals surface area contributed by atoms with Crippen LogP contribution in [0.4, 0.5) is 4.79 Å². The molecule has 0 spiro atoms. The Morgan fingerprint density at radius 1 is 1.29 bits per heavy atom. The number of rotatable bonds is 2. The lowest BCUT2D eigenvalue weighted by atomic mass is 9.72. The molecule has 0 aliphatic carbocycles. The molecule has 5 nitrogen and oxygen atoms in total. The van der Waals surface area contributed by atoms with Gasteiger partial charge in [0.25, 0.3) is 0 Å². The maximum Gasteiger partial charge on any atom is 0.410 e. The van der Waals surface area contributed by atoms with Gasteiger partial charge in [0.15, 0.2) is 0 Å². The molecule has 0 atom stereocenters. The van der Waals surface area contributed by atoms with E-state index in [1.165, 1.54) is 0 Å². The van der Waals surface area contributed by atoms with Gasteiger partial charge in [-0.15, -0.1) is 0 Å². The molecule has 1 aromatic rings. The zero-order chi connectivity index (χ0) is 18.1. The van der Waals surface area contributed by atoms with Crippen molar-refractivity contribution in [3.8, 4) is 0 Å². The van der Waals surface area contributed by atoms with Crippen molar-refractivity contribution in [2.75, 3.05) is 13.1 Å². The van der Waals surface area contributed by atoms with Gasteiger partial charge in [-0.2, -0.15) is 0 Å². The summed E-state index contributed by atoms with van der Waals surface area (Å²) in [4.78, 5) is 26.1. The second-order valence-electron chi connectivity index (χ2n) is 7.04. The standard InChI is InChI=1S/C17H22BrClN2O3/c1-16(2,3)24-15(23)21-8-6-17(7-9-21,14(20)22)12-10-11(19)4-5-13(12)18/h4-5,10H,6-9H2,1-3H3,(H2,20,22). The van der Waals surface area contributed by atoms with Gasteiger partial charge in [-0.3, -0.25) is 4.79 Å². The maximum absolute atomic E-state index is 12.3. The van der Waals surface area contributed by atoms with Crippen molar-refractivity contribution in [2.24, 2.45) is 5.73 Å². The monoisotopic (exact) mass is 416 g/mol. The lowest BCUT2D eigenvalue weighted by Gasteiger charge is -2.40. The molecular formula is C17H22BrClN2O3. The first-order valence-corrected chi connectivity index (χ1v) is 8.96. The minimum Gasteiger partial charge on any atom is -0.444 e. The minimum atomic E-state index is -0.845. The highest BCUT2D eigenvalue weighted by molar-refractivity contribution is 9.10. The topological polar surface area (TPSA) is 72.6 Å². The summed E-state index contributed by atoms with van der Waals surface area (Å²) in [5.74, 6) is -0.408. The molecule has 2 rings (SSSR count). The molecule has 1 aromatic carbocycles. The van der Waals surface area contributed by atoms with E-state index >= 15 is 0 Å². The van der Waals surface area contributed by atoms with Crippen molar-refractivity contribution < 1.29 is 14.3 Å². The molecule has 1 aliphatic rings. The Bertz CT molecular complexity index is 650. The molecule has 0 bridgehead atoms. The van der Waals surface area contributed by atoms with Gasteiger partial charge in [-0.25, -0.2) is 4.79 Å². The Balaban J connectivity index is 2.23. The number of hydrogen-bond donors (Lipinski definition) is 1. The maximum atomic E-state index is 12.3. The number of hydrogen-bond acceptors (Lipinski definition) is 3. The number of carbonyl (C=O) groups excluding carboxylic acids is 2. The van der Waals surface area contributed by atoms with E-state index in [9.17, 15) is 9.59 Å². The molecule has 24 heavy (non-hydrogen) atoms. The molecule has 7 heteroatoms. The third kappa shape index (κ3) is 4.03. The van der Waals surface area contributed by atoms with Gasteiger partial charge in [-0.1, -0.05) is 27.5 Å². The first kappa shape index (κ1) is 19.1. The van der Waals surface area contributed by atoms with E-state index in [1.54, 1.807) is 17.0 Å². The van der Waals surface area contributed by atoms with Crippen LogP contribution >= 0.6 is 27.5 Å². The molecular weight excluding hydrogens is 396 g/mol. The van der Waals surface area contributed by atoms with E-state index in [1.807, 2.05) is 26.8 Å². The molecule has 132 valence electrons. The van der Waals surface area contributed by atoms with Crippen LogP contribution in [0.1, 0.15) is 39.2 Å². The zero-order valence-corrected chi connectivity index (χ0v) is 16.4. The van der Waals surface area contributed by atoms with E-state index in [2.05, 4.69) is 15.9 Å². The fourth-order valence-corrected chi connectivity index (χ4v) is 3.71. The van der Waals surface area contributed by atoms with Crippen LogP contribution in [0.5, 0.6) is 0 Å². The van der Waals surface area contributed by atoms with Crippen molar-refractivity contribution in [3.63, 3.8) is 0 Å². The second-order valence-corrected chi connectivity index (χ2v) is 8.33. The SMILES string of the molecule is CC(C)(C)OC(=O)N1CCC(C(N)=O)(c2cc(Cl)ccc2Br)CC1. The molecule has 2 N–H and O–H groups in total. The molecule has 0 unspecified atom stereocenters. The molecule has 1 saturated heterocycles. The number of benzene rings is 1. The average Bonchev–Trinajstić information content (AvgIpc) is 2.48. The van der Waals surface area contributed by atoms with Crippen molar-refractivity contribution in [2.45, 2.75) is 44.6 Å². The average molecular weight is 418 g/mol. The van der Waals surface area contributed by atoms with E-state index in [4.69, 9.17) is 22.1 Å². The van der Waals surface area contributed by atoms with Gasteiger partial charge < -0.3 is 15.4 Å². The van der Waals surface area contributed by atoms with Crippen molar-refractivity contribution in [1.29, 1.82) is 0 Å². The number of likely N-dealkylation sites (tertiary alicyclic amines) is 1. The summed E-state index contributed by atoms with van der Waals surface area (Å²) in [5.41, 5.74) is 5.11. The summed E-state index contributed by atoms with van der Waals surface area (Å²) < 4.78 is 6.18. The Hall–Kier alpha value is -1.27. The number of halogens is 2. The second kappa shape index (κ2) is 6.92. The van der Waals surface area contributed by atoms with Crippen LogP contribution in [0, 0.1) is 0 Å². The summed E-state index contributed by atoms with van der Waals surface area (Å²) in [6, 6.07) is 5.32. The molecule has 1 fully saturated rings. The Labute approximate surface area is 155 Å². The quantitative estimate of drug-likeness (QED) is 0.794. The first-order valence-electron chi connectivity index (χ1n) is 7.78. The molecule has 0 saturated carbocycles. The van der Waals surface area contributed by atoms with Crippen LogP contribution in [-0.2, 0) is 14.9 Å². The molecule has 0 radical (unpaired) electrons. The molecule has 2 amide bonds. The van der Waals surface area contributed by atoms with E-state index in [0.717, 1.165) is 10.0 Å². The predicted octanol–water partition coefficient (Wildman–Crippen LogP) is 3.86. The minimum absolute atomic E-state index is 0.370. The predicted molar refractivity (Wildman–Crippen MR) is 97.1 cm³/mol. The van der Waals surface area contributed by atoms with Crippen LogP contribution in [0.15, 0.2) is 22.7 Å². The fourth-order valence-electron chi connectivity index (χ4n) is 2.91. The van der Waals surface area contributed by atoms with E-state index in [0.29, 0.717) is 31.0 Å². The highest BCUT2D eigenvalue weighted by atomic mass is 79.9. The van der Waals surface area contributed by atoms with Gasteiger partial charge >= 0.3 is 6.09 Å². The molecule has 1 heterocycles. The van der Waals surface area contributed by atoms with Gasteiger partial charge in [0.05, 0.1) is 5.41 Å². The summed E-state index contributed by atoms with van der Waals surface area (Å²) in [6.07, 6.45) is 0.492. The third-order valence-electron chi connectivity index (χ3n) is 4.18. The largest absolute Gasteiger partial charge is 0.444 e. The summed E-state index contributed by atoms with van der Waals surface area (Å²) >= 11 is 9.58. The number of carbonyl (C=O) groups is 2. The Morgan fingerprint density at radius 2 is 1.88 bits per heavy atom. The van der Waals surface area contributed by atoms with Crippen molar-refractivity contribution >= 4 is 39.5 Å². The first-order chi connectivity index (χ1) is 11.0. The highest BCUT2D eigenvalue weighted by Gasteiger charge is 2.44. The number of primary amides is 1. The van der Waals surface area contributed by atoms with Gasteiger partial charge in [-0.05, 0) is 57.4 Å². The van der Waals surface area contributed by atoms with Gasteiger partial charge in [0.2, 0.25) is 5.91 Å². The van der Waals surface area contributed by atoms with Gasteiger partial charge in [0, 0.05) is 22.6 Å². The van der Waals surface area contributed by atoms with Crippen molar-refractivity contribution in [1.82, 2.24) is 4.90 Å². The van der Waals surface area contributed by atoms with Gasteiger partial charge in [0.1, 0.15) is 5.60 Å². The van der Waals surface area contributed by atoms with E-state index < -0.39 is 16.9 Å². The third-order valence-corrected chi connectivity index (χ3v) is 5.11. The number of piperidine rings is 1. The summed E-state index contributed by atoms with van der Waals surface area (Å²) in [5, 5.41) is 0.545. The van der Waals surface area contributed by atoms with Crippen LogP contribution in [0.2, 0.25) is 5.02 Å². The van der Waals surface area contributed by atoms with Crippen molar-refractivity contribution in [3.05, 3.63) is 33.3 Å². The number of nitrogens with zero attached hydrogens (tertiary/aromatic N) is 1. The number of ether oxygens (including phenoxy) is 1.